The topological polar surface area (TPSA) is 125 Å². The van der Waals surface area contributed by atoms with Gasteiger partial charge in [-0.2, -0.15) is 0 Å². The number of ether oxygens (including phenoxy) is 2. The van der Waals surface area contributed by atoms with Gasteiger partial charge in [-0.1, -0.05) is 12.1 Å². The molecule has 0 heterocycles. The number of benzene rings is 2. The molecule has 0 saturated heterocycles. The molecule has 29 heavy (non-hydrogen) atoms. The van der Waals surface area contributed by atoms with Gasteiger partial charge in [0.15, 0.2) is 0 Å². The molecule has 1 unspecified atom stereocenters. The zero-order valence-electron chi connectivity index (χ0n) is 15.3. The predicted octanol–water partition coefficient (Wildman–Crippen LogP) is 2.31. The third-order valence-corrected chi connectivity index (χ3v) is 3.66. The standard InChI is InChI=1S/C19H17FN2O7/c1-2-28-16(23)11-21-18(24)17(12-3-7-14(20)8-4-12)29-19(25)13-5-9-15(10-6-13)22(26)27/h3-10,17H,2,11H2,1H3,(H,21,24). The molecule has 9 nitrogen and oxygen atoms in total. The second kappa shape index (κ2) is 9.93. The average Bonchev–Trinajstić information content (AvgIpc) is 2.71. The Morgan fingerprint density at radius 1 is 1.10 bits per heavy atom. The lowest BCUT2D eigenvalue weighted by atomic mass is 10.1. The molecular weight excluding hydrogens is 387 g/mol. The quantitative estimate of drug-likeness (QED) is 0.407. The molecule has 0 spiro atoms. The zero-order chi connectivity index (χ0) is 21.4. The van der Waals surface area contributed by atoms with Crippen molar-refractivity contribution in [3.63, 3.8) is 0 Å². The molecule has 1 amide bonds. The minimum Gasteiger partial charge on any atom is -0.465 e. The number of nitrogens with zero attached hydrogens (tertiary/aromatic N) is 1. The van der Waals surface area contributed by atoms with Gasteiger partial charge in [0, 0.05) is 17.7 Å². The molecular formula is C19H17FN2O7. The molecule has 0 aliphatic carbocycles. The lowest BCUT2D eigenvalue weighted by molar-refractivity contribution is -0.384. The molecule has 10 heteroatoms. The fraction of sp³-hybridized carbons (Fsp3) is 0.211. The Labute approximate surface area is 164 Å². The Hall–Kier alpha value is -3.82. The van der Waals surface area contributed by atoms with E-state index in [0.29, 0.717) is 0 Å². The largest absolute Gasteiger partial charge is 0.465 e. The summed E-state index contributed by atoms with van der Waals surface area (Å²) in [6.45, 7) is 1.29. The van der Waals surface area contributed by atoms with Crippen LogP contribution < -0.4 is 5.32 Å². The Kier molecular flexibility index (Phi) is 7.35. The average molecular weight is 404 g/mol. The third-order valence-electron chi connectivity index (χ3n) is 3.66. The summed E-state index contributed by atoms with van der Waals surface area (Å²) in [5.41, 5.74) is -0.0762. The van der Waals surface area contributed by atoms with E-state index in [-0.39, 0.29) is 23.4 Å². The highest BCUT2D eigenvalue weighted by Crippen LogP contribution is 2.21. The van der Waals surface area contributed by atoms with Crippen LogP contribution in [0.4, 0.5) is 10.1 Å². The van der Waals surface area contributed by atoms with E-state index in [0.717, 1.165) is 24.3 Å². The fourth-order valence-corrected chi connectivity index (χ4v) is 2.27. The summed E-state index contributed by atoms with van der Waals surface area (Å²) in [6, 6.07) is 9.27. The number of hydrogen-bond donors (Lipinski definition) is 1. The van der Waals surface area contributed by atoms with Crippen molar-refractivity contribution in [2.24, 2.45) is 0 Å². The number of nitro benzene ring substituents is 1. The Morgan fingerprint density at radius 2 is 1.72 bits per heavy atom. The minimum atomic E-state index is -1.48. The van der Waals surface area contributed by atoms with Crippen LogP contribution in [0.3, 0.4) is 0 Å². The van der Waals surface area contributed by atoms with Crippen molar-refractivity contribution in [2.75, 3.05) is 13.2 Å². The van der Waals surface area contributed by atoms with Crippen LogP contribution in [-0.4, -0.2) is 35.9 Å². The number of esters is 2. The van der Waals surface area contributed by atoms with E-state index >= 15 is 0 Å². The first kappa shape index (κ1) is 21.5. The van der Waals surface area contributed by atoms with Crippen molar-refractivity contribution in [2.45, 2.75) is 13.0 Å². The van der Waals surface area contributed by atoms with Gasteiger partial charge < -0.3 is 14.8 Å². The van der Waals surface area contributed by atoms with Gasteiger partial charge in [0.25, 0.3) is 11.6 Å². The molecule has 0 radical (unpaired) electrons. The van der Waals surface area contributed by atoms with Crippen molar-refractivity contribution < 1.29 is 33.2 Å². The molecule has 0 fully saturated rings. The van der Waals surface area contributed by atoms with E-state index in [1.807, 2.05) is 0 Å². The van der Waals surface area contributed by atoms with Gasteiger partial charge in [-0.05, 0) is 31.2 Å². The van der Waals surface area contributed by atoms with Gasteiger partial charge >= 0.3 is 11.9 Å². The van der Waals surface area contributed by atoms with E-state index in [2.05, 4.69) is 5.32 Å². The number of nitrogens with one attached hydrogen (secondary N) is 1. The normalized spacial score (nSPS) is 11.2. The molecule has 1 N–H and O–H groups in total. The lowest BCUT2D eigenvalue weighted by Gasteiger charge is -2.18. The van der Waals surface area contributed by atoms with Crippen LogP contribution in [0.2, 0.25) is 0 Å². The molecule has 2 aromatic carbocycles. The summed E-state index contributed by atoms with van der Waals surface area (Å²) in [6.07, 6.45) is -1.48. The van der Waals surface area contributed by atoms with Crippen molar-refractivity contribution in [1.82, 2.24) is 5.32 Å². The first-order valence-electron chi connectivity index (χ1n) is 8.46. The summed E-state index contributed by atoms with van der Waals surface area (Å²) in [5.74, 6) is -2.98. The summed E-state index contributed by atoms with van der Waals surface area (Å²) < 4.78 is 23.1. The first-order chi connectivity index (χ1) is 13.8. The SMILES string of the molecule is CCOC(=O)CNC(=O)C(OC(=O)c1ccc([N+](=O)[O-])cc1)c1ccc(F)cc1. The molecule has 0 saturated carbocycles. The Morgan fingerprint density at radius 3 is 2.28 bits per heavy atom. The van der Waals surface area contributed by atoms with Crippen molar-refractivity contribution >= 4 is 23.5 Å². The predicted molar refractivity (Wildman–Crippen MR) is 97.3 cm³/mol. The van der Waals surface area contributed by atoms with Gasteiger partial charge in [-0.15, -0.1) is 0 Å². The van der Waals surface area contributed by atoms with Crippen LogP contribution in [0.1, 0.15) is 28.9 Å². The number of carbonyl (C=O) groups excluding carboxylic acids is 3. The number of non-ortho nitro benzene ring substituents is 1. The second-order valence-corrected chi connectivity index (χ2v) is 5.66. The smallest absolute Gasteiger partial charge is 0.339 e. The third kappa shape index (κ3) is 6.09. The van der Waals surface area contributed by atoms with Crippen LogP contribution >= 0.6 is 0 Å². The summed E-state index contributed by atoms with van der Waals surface area (Å²) in [5, 5.41) is 13.0. The number of amides is 1. The summed E-state index contributed by atoms with van der Waals surface area (Å²) >= 11 is 0. The van der Waals surface area contributed by atoms with Crippen LogP contribution in [0.5, 0.6) is 0 Å². The molecule has 2 aromatic rings. The molecule has 2 rings (SSSR count). The maximum atomic E-state index is 13.2. The second-order valence-electron chi connectivity index (χ2n) is 5.66. The maximum Gasteiger partial charge on any atom is 0.339 e. The first-order valence-corrected chi connectivity index (χ1v) is 8.46. The maximum absolute atomic E-state index is 13.2. The van der Waals surface area contributed by atoms with Crippen molar-refractivity contribution in [3.8, 4) is 0 Å². The lowest BCUT2D eigenvalue weighted by Crippen LogP contribution is -2.36. The highest BCUT2D eigenvalue weighted by atomic mass is 19.1. The van der Waals surface area contributed by atoms with E-state index in [9.17, 15) is 28.9 Å². The number of halogens is 1. The number of rotatable bonds is 8. The van der Waals surface area contributed by atoms with Crippen molar-refractivity contribution in [1.29, 1.82) is 0 Å². The van der Waals surface area contributed by atoms with E-state index < -0.39 is 41.2 Å². The summed E-state index contributed by atoms with van der Waals surface area (Å²) in [7, 11) is 0. The Balaban J connectivity index is 2.19. The zero-order valence-corrected chi connectivity index (χ0v) is 15.3. The number of carbonyl (C=O) groups is 3. The number of hydrogen-bond acceptors (Lipinski definition) is 7. The van der Waals surface area contributed by atoms with Gasteiger partial charge in [0.1, 0.15) is 12.4 Å². The van der Waals surface area contributed by atoms with E-state index in [1.165, 1.54) is 24.3 Å². The van der Waals surface area contributed by atoms with Crippen LogP contribution in [-0.2, 0) is 19.1 Å². The van der Waals surface area contributed by atoms with E-state index in [1.54, 1.807) is 6.92 Å². The Bertz CT molecular complexity index is 898. The fourth-order valence-electron chi connectivity index (χ4n) is 2.27. The van der Waals surface area contributed by atoms with Gasteiger partial charge in [0.05, 0.1) is 17.1 Å². The van der Waals surface area contributed by atoms with Gasteiger partial charge in [-0.3, -0.25) is 19.7 Å². The molecule has 152 valence electrons. The van der Waals surface area contributed by atoms with Crippen LogP contribution in [0, 0.1) is 15.9 Å². The molecule has 0 aromatic heterocycles. The van der Waals surface area contributed by atoms with Crippen LogP contribution in [0.25, 0.3) is 0 Å². The van der Waals surface area contributed by atoms with Gasteiger partial charge in [0.2, 0.25) is 6.10 Å². The van der Waals surface area contributed by atoms with Gasteiger partial charge in [-0.25, -0.2) is 9.18 Å². The van der Waals surface area contributed by atoms with E-state index in [4.69, 9.17) is 9.47 Å². The minimum absolute atomic E-state index is 0.0269. The monoisotopic (exact) mass is 404 g/mol. The number of nitro groups is 1. The van der Waals surface area contributed by atoms with Crippen LogP contribution in [0.15, 0.2) is 48.5 Å². The van der Waals surface area contributed by atoms with Crippen molar-refractivity contribution in [3.05, 3.63) is 75.6 Å². The molecule has 0 aliphatic rings. The molecule has 0 bridgehead atoms. The molecule has 0 aliphatic heterocycles. The highest BCUT2D eigenvalue weighted by Gasteiger charge is 2.26. The summed E-state index contributed by atoms with van der Waals surface area (Å²) in [4.78, 5) is 46.4. The highest BCUT2D eigenvalue weighted by molar-refractivity contribution is 5.93. The molecule has 1 atom stereocenters.